The molecule has 1 aromatic rings. The maximum Gasteiger partial charge on any atom is 0.305 e. The molecule has 0 aliphatic carbocycles. The summed E-state index contributed by atoms with van der Waals surface area (Å²) in [4.78, 5) is 22.3. The smallest absolute Gasteiger partial charge is 0.305 e. The molecule has 20 heavy (non-hydrogen) atoms. The van der Waals surface area contributed by atoms with E-state index in [9.17, 15) is 9.59 Å². The van der Waals surface area contributed by atoms with Crippen molar-refractivity contribution in [2.75, 3.05) is 0 Å². The van der Waals surface area contributed by atoms with Crippen molar-refractivity contribution in [3.63, 3.8) is 0 Å². The summed E-state index contributed by atoms with van der Waals surface area (Å²) in [6.45, 7) is 4.60. The number of hydrogen-bond donors (Lipinski definition) is 0. The summed E-state index contributed by atoms with van der Waals surface area (Å²) >= 11 is 0. The highest BCUT2D eigenvalue weighted by molar-refractivity contribution is 5.69. The van der Waals surface area contributed by atoms with Gasteiger partial charge in [-0.15, -0.1) is 0 Å². The SMILES string of the molecule is CCC/C(=C\c1ccccc1)C(OC(C)=O)OC(C)=O. The van der Waals surface area contributed by atoms with Gasteiger partial charge >= 0.3 is 11.9 Å². The molecule has 0 unspecified atom stereocenters. The minimum absolute atomic E-state index is 0.480. The van der Waals surface area contributed by atoms with Crippen LogP contribution in [0.3, 0.4) is 0 Å². The first-order chi connectivity index (χ1) is 9.52. The lowest BCUT2D eigenvalue weighted by Gasteiger charge is -2.19. The van der Waals surface area contributed by atoms with Crippen LogP contribution in [0.25, 0.3) is 6.08 Å². The zero-order valence-electron chi connectivity index (χ0n) is 12.1. The van der Waals surface area contributed by atoms with E-state index in [0.29, 0.717) is 6.42 Å². The maximum absolute atomic E-state index is 11.2. The molecule has 0 saturated carbocycles. The molecule has 1 rings (SSSR count). The van der Waals surface area contributed by atoms with Crippen LogP contribution in [0.15, 0.2) is 35.9 Å². The molecule has 0 atom stereocenters. The second kappa shape index (κ2) is 8.15. The Morgan fingerprint density at radius 2 is 1.65 bits per heavy atom. The van der Waals surface area contributed by atoms with Crippen molar-refractivity contribution in [2.24, 2.45) is 0 Å². The van der Waals surface area contributed by atoms with Gasteiger partial charge in [0.05, 0.1) is 0 Å². The lowest BCUT2D eigenvalue weighted by molar-refractivity contribution is -0.178. The molecule has 0 fully saturated rings. The first-order valence-electron chi connectivity index (χ1n) is 6.63. The summed E-state index contributed by atoms with van der Waals surface area (Å²) in [6, 6.07) is 9.64. The van der Waals surface area contributed by atoms with Crippen LogP contribution in [0.5, 0.6) is 0 Å². The highest BCUT2D eigenvalue weighted by atomic mass is 16.7. The largest absolute Gasteiger partial charge is 0.421 e. The van der Waals surface area contributed by atoms with Gasteiger partial charge in [-0.1, -0.05) is 43.7 Å². The predicted octanol–water partition coefficient (Wildman–Crippen LogP) is 3.32. The maximum atomic E-state index is 11.2. The molecular weight excluding hydrogens is 256 g/mol. The third kappa shape index (κ3) is 5.69. The van der Waals surface area contributed by atoms with E-state index in [1.54, 1.807) is 0 Å². The van der Waals surface area contributed by atoms with E-state index in [2.05, 4.69) is 0 Å². The minimum Gasteiger partial charge on any atom is -0.421 e. The Morgan fingerprint density at radius 3 is 2.10 bits per heavy atom. The van der Waals surface area contributed by atoms with Crippen LogP contribution in [-0.4, -0.2) is 18.2 Å². The van der Waals surface area contributed by atoms with Crippen LogP contribution in [-0.2, 0) is 19.1 Å². The van der Waals surface area contributed by atoms with Crippen LogP contribution < -0.4 is 0 Å². The van der Waals surface area contributed by atoms with Gasteiger partial charge in [0, 0.05) is 19.4 Å². The number of esters is 2. The molecule has 4 heteroatoms. The topological polar surface area (TPSA) is 52.6 Å². The lowest BCUT2D eigenvalue weighted by atomic mass is 10.1. The summed E-state index contributed by atoms with van der Waals surface area (Å²) in [7, 11) is 0. The van der Waals surface area contributed by atoms with Gasteiger partial charge in [-0.05, 0) is 18.1 Å². The van der Waals surface area contributed by atoms with E-state index >= 15 is 0 Å². The molecule has 0 radical (unpaired) electrons. The quantitative estimate of drug-likeness (QED) is 0.591. The number of carbonyl (C=O) groups is 2. The van der Waals surface area contributed by atoms with Crippen molar-refractivity contribution in [1.82, 2.24) is 0 Å². The summed E-state index contributed by atoms with van der Waals surface area (Å²) < 4.78 is 10.2. The van der Waals surface area contributed by atoms with Crippen molar-refractivity contribution >= 4 is 18.0 Å². The summed E-state index contributed by atoms with van der Waals surface area (Å²) in [6.07, 6.45) is 2.47. The highest BCUT2D eigenvalue weighted by Crippen LogP contribution is 2.19. The van der Waals surface area contributed by atoms with Crippen molar-refractivity contribution in [1.29, 1.82) is 0 Å². The van der Waals surface area contributed by atoms with Crippen molar-refractivity contribution in [2.45, 2.75) is 39.9 Å². The van der Waals surface area contributed by atoms with Gasteiger partial charge in [0.2, 0.25) is 0 Å². The van der Waals surface area contributed by atoms with Crippen molar-refractivity contribution in [3.8, 4) is 0 Å². The Balaban J connectivity index is 3.02. The zero-order chi connectivity index (χ0) is 15.0. The van der Waals surface area contributed by atoms with E-state index in [0.717, 1.165) is 17.6 Å². The molecule has 0 aliphatic rings. The van der Waals surface area contributed by atoms with E-state index in [4.69, 9.17) is 9.47 Å². The van der Waals surface area contributed by atoms with Gasteiger partial charge in [-0.3, -0.25) is 9.59 Å². The molecule has 0 spiro atoms. The van der Waals surface area contributed by atoms with E-state index < -0.39 is 18.2 Å². The molecule has 0 amide bonds. The normalized spacial score (nSPS) is 11.3. The average molecular weight is 276 g/mol. The summed E-state index contributed by atoms with van der Waals surface area (Å²) in [5.41, 5.74) is 1.74. The molecule has 4 nitrogen and oxygen atoms in total. The Hall–Kier alpha value is -2.10. The molecule has 0 aliphatic heterocycles. The molecule has 108 valence electrons. The third-order valence-electron chi connectivity index (χ3n) is 2.54. The Morgan fingerprint density at radius 1 is 1.10 bits per heavy atom. The van der Waals surface area contributed by atoms with Gasteiger partial charge < -0.3 is 9.47 Å². The fourth-order valence-corrected chi connectivity index (χ4v) is 1.79. The second-order valence-corrected chi connectivity index (χ2v) is 4.43. The third-order valence-corrected chi connectivity index (χ3v) is 2.54. The van der Waals surface area contributed by atoms with Gasteiger partial charge in [0.25, 0.3) is 6.29 Å². The fourth-order valence-electron chi connectivity index (χ4n) is 1.79. The standard InChI is InChI=1S/C16H20O4/c1-4-8-15(11-14-9-6-5-7-10-14)16(19-12(2)17)20-13(3)18/h5-7,9-11,16H,4,8H2,1-3H3/b15-11+. The number of hydrogen-bond acceptors (Lipinski definition) is 4. The lowest BCUT2D eigenvalue weighted by Crippen LogP contribution is -2.24. The van der Waals surface area contributed by atoms with Crippen LogP contribution in [0.1, 0.15) is 39.2 Å². The highest BCUT2D eigenvalue weighted by Gasteiger charge is 2.20. The minimum atomic E-state index is -0.954. The number of benzene rings is 1. The average Bonchev–Trinajstić information content (AvgIpc) is 2.37. The van der Waals surface area contributed by atoms with Gasteiger partial charge in [-0.25, -0.2) is 0 Å². The van der Waals surface area contributed by atoms with Crippen LogP contribution >= 0.6 is 0 Å². The fraction of sp³-hybridized carbons (Fsp3) is 0.375. The zero-order valence-corrected chi connectivity index (χ0v) is 12.1. The first-order valence-corrected chi connectivity index (χ1v) is 6.63. The summed E-state index contributed by atoms with van der Waals surface area (Å²) in [5, 5.41) is 0. The Labute approximate surface area is 119 Å². The molecule has 0 saturated heterocycles. The van der Waals surface area contributed by atoms with Crippen LogP contribution in [0, 0.1) is 0 Å². The van der Waals surface area contributed by atoms with E-state index in [1.807, 2.05) is 43.3 Å². The van der Waals surface area contributed by atoms with Gasteiger partial charge in [0.15, 0.2) is 0 Å². The molecular formula is C16H20O4. The van der Waals surface area contributed by atoms with E-state index in [-0.39, 0.29) is 0 Å². The number of carbonyl (C=O) groups excluding carboxylic acids is 2. The number of rotatable bonds is 6. The summed E-state index contributed by atoms with van der Waals surface area (Å²) in [5.74, 6) is -0.961. The first kappa shape index (κ1) is 16.0. The van der Waals surface area contributed by atoms with Crippen LogP contribution in [0.4, 0.5) is 0 Å². The van der Waals surface area contributed by atoms with Crippen molar-refractivity contribution < 1.29 is 19.1 Å². The van der Waals surface area contributed by atoms with E-state index in [1.165, 1.54) is 13.8 Å². The molecule has 0 aromatic heterocycles. The van der Waals surface area contributed by atoms with Crippen LogP contribution in [0.2, 0.25) is 0 Å². The molecule has 0 bridgehead atoms. The Bertz CT molecular complexity index is 461. The van der Waals surface area contributed by atoms with Gasteiger partial charge in [0.1, 0.15) is 0 Å². The predicted molar refractivity (Wildman–Crippen MR) is 76.6 cm³/mol. The van der Waals surface area contributed by atoms with Gasteiger partial charge in [-0.2, -0.15) is 0 Å². The molecule has 1 aromatic carbocycles. The Kier molecular flexibility index (Phi) is 6.50. The van der Waals surface area contributed by atoms with Crippen molar-refractivity contribution in [3.05, 3.63) is 41.5 Å². The number of ether oxygens (including phenoxy) is 2. The second-order valence-electron chi connectivity index (χ2n) is 4.43. The molecule has 0 heterocycles. The monoisotopic (exact) mass is 276 g/mol. The molecule has 0 N–H and O–H groups in total.